The maximum Gasteiger partial charge on any atom is 0.258 e. The van der Waals surface area contributed by atoms with Gasteiger partial charge in [-0.05, 0) is 49.2 Å². The molecule has 1 heterocycles. The molecule has 0 aliphatic carbocycles. The Morgan fingerprint density at radius 2 is 1.86 bits per heavy atom. The molecule has 2 aromatic carbocycles. The molecule has 4 heteroatoms. The topological polar surface area (TPSA) is 55.6 Å². The second kappa shape index (κ2) is 5.81. The van der Waals surface area contributed by atoms with Crippen molar-refractivity contribution in [1.29, 1.82) is 0 Å². The highest BCUT2D eigenvalue weighted by Crippen LogP contribution is 2.36. The minimum absolute atomic E-state index is 0.00509. The molecule has 4 nitrogen and oxygen atoms in total. The fourth-order valence-corrected chi connectivity index (χ4v) is 3.04. The maximum atomic E-state index is 12.9. The van der Waals surface area contributed by atoms with Crippen LogP contribution in [0.15, 0.2) is 48.5 Å². The lowest BCUT2D eigenvalue weighted by Gasteiger charge is -2.38. The Balaban J connectivity index is 1.99. The molecule has 1 aliphatic heterocycles. The Labute approximate surface area is 130 Å². The lowest BCUT2D eigenvalue weighted by Crippen LogP contribution is -2.44. The normalized spacial score (nSPS) is 20.4. The highest BCUT2D eigenvalue weighted by atomic mass is 16.5. The van der Waals surface area contributed by atoms with Gasteiger partial charge in [0.05, 0.1) is 7.11 Å². The van der Waals surface area contributed by atoms with Crippen molar-refractivity contribution >= 4 is 11.6 Å². The fraction of sp³-hybridized carbons (Fsp3) is 0.278. The molecule has 0 bridgehead atoms. The van der Waals surface area contributed by atoms with Gasteiger partial charge in [-0.1, -0.05) is 18.2 Å². The molecule has 0 saturated heterocycles. The molecule has 114 valence electrons. The van der Waals surface area contributed by atoms with Gasteiger partial charge >= 0.3 is 0 Å². The number of methoxy groups -OCH3 is 1. The lowest BCUT2D eigenvalue weighted by atomic mass is 9.92. The van der Waals surface area contributed by atoms with Gasteiger partial charge in [-0.15, -0.1) is 0 Å². The number of nitrogens with zero attached hydrogens (tertiary/aromatic N) is 1. The van der Waals surface area contributed by atoms with E-state index >= 15 is 0 Å². The van der Waals surface area contributed by atoms with Crippen LogP contribution in [-0.4, -0.2) is 19.1 Å². The van der Waals surface area contributed by atoms with Crippen LogP contribution in [0.2, 0.25) is 0 Å². The number of hydrogen-bond acceptors (Lipinski definition) is 3. The highest BCUT2D eigenvalue weighted by molar-refractivity contribution is 6.07. The largest absolute Gasteiger partial charge is 0.497 e. The molecule has 0 aromatic heterocycles. The van der Waals surface area contributed by atoms with Crippen LogP contribution in [0.5, 0.6) is 5.75 Å². The number of amides is 1. The third kappa shape index (κ3) is 2.46. The van der Waals surface area contributed by atoms with E-state index in [1.165, 1.54) is 0 Å². The zero-order chi connectivity index (χ0) is 15.7. The summed E-state index contributed by atoms with van der Waals surface area (Å²) in [6.07, 6.45) is 0.763. The van der Waals surface area contributed by atoms with Gasteiger partial charge in [0, 0.05) is 23.3 Å². The van der Waals surface area contributed by atoms with Crippen LogP contribution >= 0.6 is 0 Å². The predicted octanol–water partition coefficient (Wildman–Crippen LogP) is 3.13. The molecular formula is C18H20N2O2. The summed E-state index contributed by atoms with van der Waals surface area (Å²) in [5.74, 6) is 0.736. The summed E-state index contributed by atoms with van der Waals surface area (Å²) in [4.78, 5) is 14.8. The average molecular weight is 296 g/mol. The quantitative estimate of drug-likeness (QED) is 0.926. The smallest absolute Gasteiger partial charge is 0.258 e. The Morgan fingerprint density at radius 3 is 2.55 bits per heavy atom. The van der Waals surface area contributed by atoms with Gasteiger partial charge in [-0.2, -0.15) is 0 Å². The molecule has 0 radical (unpaired) electrons. The van der Waals surface area contributed by atoms with E-state index < -0.39 is 0 Å². The highest BCUT2D eigenvalue weighted by Gasteiger charge is 2.32. The van der Waals surface area contributed by atoms with Crippen molar-refractivity contribution in [3.05, 3.63) is 59.7 Å². The van der Waals surface area contributed by atoms with E-state index in [9.17, 15) is 4.79 Å². The van der Waals surface area contributed by atoms with Crippen LogP contribution in [0.3, 0.4) is 0 Å². The maximum absolute atomic E-state index is 12.9. The molecule has 1 amide bonds. The Morgan fingerprint density at radius 1 is 1.18 bits per heavy atom. The van der Waals surface area contributed by atoms with Gasteiger partial charge in [0.1, 0.15) is 5.75 Å². The van der Waals surface area contributed by atoms with Crippen LogP contribution in [0, 0.1) is 0 Å². The van der Waals surface area contributed by atoms with Crippen molar-refractivity contribution in [2.24, 2.45) is 5.73 Å². The molecular weight excluding hydrogens is 276 g/mol. The number of rotatable bonds is 2. The number of para-hydroxylation sites is 1. The van der Waals surface area contributed by atoms with Crippen molar-refractivity contribution in [1.82, 2.24) is 0 Å². The monoisotopic (exact) mass is 296 g/mol. The average Bonchev–Trinajstić information content (AvgIpc) is 2.55. The number of ether oxygens (including phenoxy) is 1. The van der Waals surface area contributed by atoms with Crippen molar-refractivity contribution < 1.29 is 9.53 Å². The Bertz CT molecular complexity index is 682. The molecule has 2 N–H and O–H groups in total. The van der Waals surface area contributed by atoms with Gasteiger partial charge in [0.2, 0.25) is 0 Å². The summed E-state index contributed by atoms with van der Waals surface area (Å²) in [6.45, 7) is 2.04. The number of carbonyl (C=O) groups is 1. The summed E-state index contributed by atoms with van der Waals surface area (Å²) in [5, 5.41) is 0. The van der Waals surface area contributed by atoms with Crippen LogP contribution in [-0.2, 0) is 0 Å². The van der Waals surface area contributed by atoms with E-state index in [0.29, 0.717) is 5.56 Å². The van der Waals surface area contributed by atoms with Crippen LogP contribution in [0.4, 0.5) is 5.69 Å². The molecule has 3 rings (SSSR count). The minimum Gasteiger partial charge on any atom is -0.497 e. The summed E-state index contributed by atoms with van der Waals surface area (Å²) >= 11 is 0. The Kier molecular flexibility index (Phi) is 3.86. The van der Waals surface area contributed by atoms with Gasteiger partial charge in [-0.25, -0.2) is 0 Å². The molecule has 0 saturated carbocycles. The second-order valence-electron chi connectivity index (χ2n) is 5.65. The number of nitrogens with two attached hydrogens (primary N) is 1. The molecule has 0 unspecified atom stereocenters. The first-order valence-corrected chi connectivity index (χ1v) is 7.44. The second-order valence-corrected chi connectivity index (χ2v) is 5.65. The first-order valence-electron chi connectivity index (χ1n) is 7.44. The molecule has 2 atom stereocenters. The summed E-state index contributed by atoms with van der Waals surface area (Å²) in [5.41, 5.74) is 8.81. The van der Waals surface area contributed by atoms with E-state index in [1.54, 1.807) is 31.4 Å². The number of benzene rings is 2. The van der Waals surface area contributed by atoms with Gasteiger partial charge in [-0.3, -0.25) is 4.79 Å². The summed E-state index contributed by atoms with van der Waals surface area (Å²) in [6, 6.07) is 15.1. The standard InChI is InChI=1S/C18H20N2O2/c1-12-11-16(19)15-5-3-4-6-17(15)20(12)18(21)13-7-9-14(22-2)10-8-13/h3-10,12,16H,11,19H2,1-2H3/t12-,16-/m1/s1. The molecule has 1 aliphatic rings. The number of carbonyl (C=O) groups excluding carboxylic acids is 1. The van der Waals surface area contributed by atoms with Crippen molar-refractivity contribution in [3.8, 4) is 5.75 Å². The van der Waals surface area contributed by atoms with Crippen LogP contribution in [0.1, 0.15) is 35.3 Å². The first-order chi connectivity index (χ1) is 10.6. The van der Waals surface area contributed by atoms with Gasteiger partial charge < -0.3 is 15.4 Å². The Hall–Kier alpha value is -2.33. The van der Waals surface area contributed by atoms with Gasteiger partial charge in [0.25, 0.3) is 5.91 Å². The molecule has 0 spiro atoms. The zero-order valence-corrected chi connectivity index (χ0v) is 12.8. The van der Waals surface area contributed by atoms with E-state index in [1.807, 2.05) is 36.1 Å². The third-order valence-corrected chi connectivity index (χ3v) is 4.19. The first kappa shape index (κ1) is 14.6. The minimum atomic E-state index is -0.0221. The summed E-state index contributed by atoms with van der Waals surface area (Å²) in [7, 11) is 1.61. The molecule has 22 heavy (non-hydrogen) atoms. The number of hydrogen-bond donors (Lipinski definition) is 1. The number of anilines is 1. The van der Waals surface area contributed by atoms with Crippen molar-refractivity contribution in [3.63, 3.8) is 0 Å². The van der Waals surface area contributed by atoms with E-state index in [2.05, 4.69) is 0 Å². The number of fused-ring (bicyclic) bond motifs is 1. The summed E-state index contributed by atoms with van der Waals surface area (Å²) < 4.78 is 5.14. The third-order valence-electron chi connectivity index (χ3n) is 4.19. The van der Waals surface area contributed by atoms with Crippen molar-refractivity contribution in [2.75, 3.05) is 12.0 Å². The van der Waals surface area contributed by atoms with E-state index in [0.717, 1.165) is 23.4 Å². The zero-order valence-electron chi connectivity index (χ0n) is 12.8. The predicted molar refractivity (Wildman–Crippen MR) is 87.3 cm³/mol. The molecule has 2 aromatic rings. The van der Waals surface area contributed by atoms with Crippen molar-refractivity contribution in [2.45, 2.75) is 25.4 Å². The lowest BCUT2D eigenvalue weighted by molar-refractivity contribution is 0.0973. The van der Waals surface area contributed by atoms with E-state index in [4.69, 9.17) is 10.5 Å². The van der Waals surface area contributed by atoms with Gasteiger partial charge in [0.15, 0.2) is 0 Å². The fourth-order valence-electron chi connectivity index (χ4n) is 3.04. The molecule has 0 fully saturated rings. The van der Waals surface area contributed by atoms with Crippen LogP contribution < -0.4 is 15.4 Å². The SMILES string of the molecule is COc1ccc(C(=O)N2c3ccccc3[C@H](N)C[C@H]2C)cc1. The van der Waals surface area contributed by atoms with Crippen LogP contribution in [0.25, 0.3) is 0 Å². The van der Waals surface area contributed by atoms with E-state index in [-0.39, 0.29) is 18.0 Å².